The van der Waals surface area contributed by atoms with E-state index in [0.29, 0.717) is 30.3 Å². The summed E-state index contributed by atoms with van der Waals surface area (Å²) < 4.78 is 5.52. The second-order valence-corrected chi connectivity index (χ2v) is 5.84. The maximum Gasteiger partial charge on any atom is 0.223 e. The first-order chi connectivity index (χ1) is 9.13. The van der Waals surface area contributed by atoms with Crippen LogP contribution in [-0.2, 0) is 11.2 Å². The summed E-state index contributed by atoms with van der Waals surface area (Å²) in [4.78, 5) is 14.4. The molecule has 0 spiro atoms. The maximum atomic E-state index is 12.3. The van der Waals surface area contributed by atoms with Crippen molar-refractivity contribution in [2.24, 2.45) is 0 Å². The van der Waals surface area contributed by atoms with Crippen LogP contribution in [-0.4, -0.2) is 30.0 Å². The molecule has 1 amide bonds. The van der Waals surface area contributed by atoms with Crippen molar-refractivity contribution in [3.8, 4) is 5.75 Å². The number of rotatable bonds is 2. The third kappa shape index (κ3) is 1.83. The molecule has 1 saturated heterocycles. The molecule has 0 bridgehead atoms. The zero-order valence-corrected chi connectivity index (χ0v) is 11.8. The lowest BCUT2D eigenvalue weighted by atomic mass is 9.79. The molecule has 3 heteroatoms. The van der Waals surface area contributed by atoms with Crippen LogP contribution in [0.2, 0.25) is 0 Å². The van der Waals surface area contributed by atoms with Crippen LogP contribution in [0.5, 0.6) is 5.75 Å². The van der Waals surface area contributed by atoms with Gasteiger partial charge in [-0.15, -0.1) is 0 Å². The second-order valence-electron chi connectivity index (χ2n) is 5.84. The van der Waals surface area contributed by atoms with Crippen molar-refractivity contribution >= 4 is 5.91 Å². The Hall–Kier alpha value is -1.51. The number of hydrogen-bond donors (Lipinski definition) is 0. The molecule has 0 unspecified atom stereocenters. The van der Waals surface area contributed by atoms with Gasteiger partial charge in [0.2, 0.25) is 5.91 Å². The monoisotopic (exact) mass is 259 g/mol. The van der Waals surface area contributed by atoms with Crippen molar-refractivity contribution < 1.29 is 9.53 Å². The Bertz CT molecular complexity index is 495. The molecule has 0 aromatic heterocycles. The van der Waals surface area contributed by atoms with E-state index in [1.54, 1.807) is 7.11 Å². The van der Waals surface area contributed by atoms with Gasteiger partial charge in [-0.3, -0.25) is 4.79 Å². The van der Waals surface area contributed by atoms with E-state index in [4.69, 9.17) is 4.74 Å². The van der Waals surface area contributed by atoms with Crippen molar-refractivity contribution in [1.29, 1.82) is 0 Å². The summed E-state index contributed by atoms with van der Waals surface area (Å²) in [7, 11) is 1.72. The van der Waals surface area contributed by atoms with Gasteiger partial charge in [0.1, 0.15) is 5.75 Å². The largest absolute Gasteiger partial charge is 0.496 e. The van der Waals surface area contributed by atoms with Gasteiger partial charge in [-0.05, 0) is 38.3 Å². The molecule has 2 aliphatic rings. The van der Waals surface area contributed by atoms with E-state index < -0.39 is 0 Å². The number of carbonyl (C=O) groups excluding carboxylic acids is 1. The fourth-order valence-corrected chi connectivity index (χ4v) is 3.82. The normalized spacial score (nSPS) is 25.5. The molecule has 0 radical (unpaired) electrons. The zero-order valence-electron chi connectivity index (χ0n) is 11.8. The summed E-state index contributed by atoms with van der Waals surface area (Å²) in [6.45, 7) is 4.22. The van der Waals surface area contributed by atoms with Gasteiger partial charge >= 0.3 is 0 Å². The Balaban J connectivity index is 2.05. The third-order valence-electron chi connectivity index (χ3n) is 4.52. The first-order valence-electron chi connectivity index (χ1n) is 7.10. The summed E-state index contributed by atoms with van der Waals surface area (Å²) in [5.41, 5.74) is 2.64. The van der Waals surface area contributed by atoms with Crippen LogP contribution in [0.1, 0.15) is 43.7 Å². The average Bonchev–Trinajstić information content (AvgIpc) is 2.74. The number of amides is 1. The highest BCUT2D eigenvalue weighted by Gasteiger charge is 2.45. The highest BCUT2D eigenvalue weighted by molar-refractivity contribution is 5.81. The highest BCUT2D eigenvalue weighted by Crippen LogP contribution is 2.46. The maximum absolute atomic E-state index is 12.3. The quantitative estimate of drug-likeness (QED) is 0.817. The highest BCUT2D eigenvalue weighted by atomic mass is 16.5. The number of hydrogen-bond acceptors (Lipinski definition) is 2. The van der Waals surface area contributed by atoms with Crippen LogP contribution in [0.3, 0.4) is 0 Å². The zero-order chi connectivity index (χ0) is 13.6. The van der Waals surface area contributed by atoms with Gasteiger partial charge in [0.15, 0.2) is 0 Å². The van der Waals surface area contributed by atoms with E-state index in [0.717, 1.165) is 18.6 Å². The third-order valence-corrected chi connectivity index (χ3v) is 4.52. The van der Waals surface area contributed by atoms with Gasteiger partial charge in [-0.25, -0.2) is 0 Å². The fourth-order valence-electron chi connectivity index (χ4n) is 3.82. The number of fused-ring (bicyclic) bond motifs is 3. The summed E-state index contributed by atoms with van der Waals surface area (Å²) >= 11 is 0. The van der Waals surface area contributed by atoms with Crippen LogP contribution >= 0.6 is 0 Å². The molecular formula is C16H21NO2. The van der Waals surface area contributed by atoms with Crippen LogP contribution in [0.4, 0.5) is 0 Å². The molecule has 19 heavy (non-hydrogen) atoms. The van der Waals surface area contributed by atoms with Crippen LogP contribution in [0.15, 0.2) is 18.2 Å². The molecule has 1 aliphatic carbocycles. The van der Waals surface area contributed by atoms with Crippen molar-refractivity contribution in [3.63, 3.8) is 0 Å². The Morgan fingerprint density at radius 1 is 1.37 bits per heavy atom. The Labute approximate surface area is 114 Å². The van der Waals surface area contributed by atoms with Crippen molar-refractivity contribution in [2.75, 3.05) is 7.11 Å². The van der Waals surface area contributed by atoms with Crippen molar-refractivity contribution in [1.82, 2.24) is 4.90 Å². The molecule has 1 fully saturated rings. The molecule has 1 aliphatic heterocycles. The fraction of sp³-hybridized carbons (Fsp3) is 0.562. The average molecular weight is 259 g/mol. The van der Waals surface area contributed by atoms with Gasteiger partial charge in [0.05, 0.1) is 7.11 Å². The second kappa shape index (κ2) is 4.55. The molecule has 2 atom stereocenters. The molecule has 0 saturated carbocycles. The van der Waals surface area contributed by atoms with E-state index >= 15 is 0 Å². The standard InChI is InChI=1S/C16H21NO2/c1-10(2)17-13-8-7-11-5-4-6-14(19-3)16(11)12(13)9-15(17)18/h4-6,10,12-13H,7-9H2,1-3H3/t12-,13-/m0/s1. The Morgan fingerprint density at radius 3 is 2.84 bits per heavy atom. The van der Waals surface area contributed by atoms with E-state index in [-0.39, 0.29) is 0 Å². The molecule has 102 valence electrons. The Morgan fingerprint density at radius 2 is 2.16 bits per heavy atom. The summed E-state index contributed by atoms with van der Waals surface area (Å²) in [5.74, 6) is 1.56. The topological polar surface area (TPSA) is 29.5 Å². The minimum Gasteiger partial charge on any atom is -0.496 e. The number of carbonyl (C=O) groups is 1. The number of aryl methyl sites for hydroxylation is 1. The number of nitrogens with zero attached hydrogens (tertiary/aromatic N) is 1. The summed E-state index contributed by atoms with van der Waals surface area (Å²) in [6.07, 6.45) is 2.76. The lowest BCUT2D eigenvalue weighted by Crippen LogP contribution is -2.41. The predicted molar refractivity (Wildman–Crippen MR) is 74.4 cm³/mol. The van der Waals surface area contributed by atoms with Crippen LogP contribution in [0.25, 0.3) is 0 Å². The van der Waals surface area contributed by atoms with E-state index in [1.807, 2.05) is 6.07 Å². The van der Waals surface area contributed by atoms with Crippen LogP contribution < -0.4 is 4.74 Å². The van der Waals surface area contributed by atoms with E-state index in [2.05, 4.69) is 30.9 Å². The molecule has 3 rings (SSSR count). The number of benzene rings is 1. The van der Waals surface area contributed by atoms with Crippen molar-refractivity contribution in [3.05, 3.63) is 29.3 Å². The lowest BCUT2D eigenvalue weighted by Gasteiger charge is -2.36. The van der Waals surface area contributed by atoms with Gasteiger partial charge in [0.25, 0.3) is 0 Å². The smallest absolute Gasteiger partial charge is 0.223 e. The molecule has 3 nitrogen and oxygen atoms in total. The minimum atomic E-state index is 0.291. The lowest BCUT2D eigenvalue weighted by molar-refractivity contribution is -0.130. The SMILES string of the molecule is COc1cccc2c1[C@H]1CC(=O)N(C(C)C)[C@H]1CC2. The van der Waals surface area contributed by atoms with Gasteiger partial charge in [-0.1, -0.05) is 12.1 Å². The molecule has 1 aromatic rings. The van der Waals surface area contributed by atoms with E-state index in [9.17, 15) is 4.79 Å². The summed E-state index contributed by atoms with van der Waals surface area (Å²) in [6, 6.07) is 6.89. The number of ether oxygens (including phenoxy) is 1. The predicted octanol–water partition coefficient (Wildman–Crippen LogP) is 2.73. The number of methoxy groups -OCH3 is 1. The first-order valence-corrected chi connectivity index (χ1v) is 7.10. The molecule has 1 aromatic carbocycles. The van der Waals surface area contributed by atoms with Gasteiger partial charge < -0.3 is 9.64 Å². The molecular weight excluding hydrogens is 238 g/mol. The number of likely N-dealkylation sites (tertiary alicyclic amines) is 1. The first kappa shape index (κ1) is 12.5. The van der Waals surface area contributed by atoms with Crippen LogP contribution in [0, 0.1) is 0 Å². The minimum absolute atomic E-state index is 0.291. The van der Waals surface area contributed by atoms with Gasteiger partial charge in [0, 0.05) is 30.0 Å². The molecule has 0 N–H and O–H groups in total. The summed E-state index contributed by atoms with van der Waals surface area (Å²) in [5, 5.41) is 0. The van der Waals surface area contributed by atoms with E-state index in [1.165, 1.54) is 11.1 Å². The Kier molecular flexibility index (Phi) is 3.00. The van der Waals surface area contributed by atoms with Crippen molar-refractivity contribution in [2.45, 2.75) is 51.1 Å². The molecule has 1 heterocycles. The van der Waals surface area contributed by atoms with Gasteiger partial charge in [-0.2, -0.15) is 0 Å².